The molecule has 30 heavy (non-hydrogen) atoms. The van der Waals surface area contributed by atoms with Crippen LogP contribution in [0.25, 0.3) is 6.08 Å². The van der Waals surface area contributed by atoms with E-state index in [1.807, 2.05) is 13.0 Å². The average molecular weight is 421 g/mol. The Bertz CT molecular complexity index is 886. The van der Waals surface area contributed by atoms with E-state index < -0.39 is 6.61 Å². The minimum Gasteiger partial charge on any atom is -0.493 e. The molecule has 0 N–H and O–H groups in total. The summed E-state index contributed by atoms with van der Waals surface area (Å²) in [5.74, 6) is 0.919. The molecule has 0 saturated heterocycles. The van der Waals surface area contributed by atoms with Gasteiger partial charge in [0.25, 0.3) is 0 Å². The topological polar surface area (TPSA) is 57.2 Å². The van der Waals surface area contributed by atoms with Gasteiger partial charge in [0, 0.05) is 24.7 Å². The molecule has 0 heterocycles. The van der Waals surface area contributed by atoms with Gasteiger partial charge in [0.05, 0.1) is 21.3 Å². The molecule has 0 unspecified atom stereocenters. The highest BCUT2D eigenvalue weighted by atomic mass is 19.3. The van der Waals surface area contributed by atoms with Crippen LogP contribution in [0, 0.1) is 0 Å². The van der Waals surface area contributed by atoms with Crippen molar-refractivity contribution in [1.82, 2.24) is 4.90 Å². The van der Waals surface area contributed by atoms with E-state index >= 15 is 0 Å². The van der Waals surface area contributed by atoms with Crippen LogP contribution in [0.4, 0.5) is 8.78 Å². The number of carbonyl (C=O) groups is 1. The Balaban J connectivity index is 2.20. The van der Waals surface area contributed by atoms with Crippen molar-refractivity contribution >= 4 is 12.0 Å². The van der Waals surface area contributed by atoms with E-state index in [9.17, 15) is 13.6 Å². The van der Waals surface area contributed by atoms with Gasteiger partial charge in [-0.1, -0.05) is 18.2 Å². The van der Waals surface area contributed by atoms with Gasteiger partial charge < -0.3 is 23.8 Å². The molecule has 2 aromatic carbocycles. The van der Waals surface area contributed by atoms with Gasteiger partial charge in [-0.15, -0.1) is 0 Å². The fourth-order valence-corrected chi connectivity index (χ4v) is 2.85. The lowest BCUT2D eigenvalue weighted by Gasteiger charge is -2.20. The second-order valence-electron chi connectivity index (χ2n) is 6.13. The third-order valence-corrected chi connectivity index (χ3v) is 4.36. The first-order chi connectivity index (χ1) is 14.4. The third kappa shape index (κ3) is 5.85. The summed E-state index contributed by atoms with van der Waals surface area (Å²) < 4.78 is 45.7. The highest BCUT2D eigenvalue weighted by molar-refractivity contribution is 5.92. The molecule has 0 aromatic heterocycles. The number of benzene rings is 2. The molecule has 0 spiro atoms. The van der Waals surface area contributed by atoms with Crippen molar-refractivity contribution < 1.29 is 32.5 Å². The summed E-state index contributed by atoms with van der Waals surface area (Å²) in [7, 11) is 4.45. The van der Waals surface area contributed by atoms with Crippen LogP contribution in [0.2, 0.25) is 0 Å². The molecular formula is C22H25F2NO5. The Morgan fingerprint density at radius 3 is 2.33 bits per heavy atom. The Kier molecular flexibility index (Phi) is 8.46. The molecule has 2 rings (SSSR count). The molecule has 0 aliphatic carbocycles. The van der Waals surface area contributed by atoms with Crippen LogP contribution in [0.15, 0.2) is 42.5 Å². The van der Waals surface area contributed by atoms with Crippen molar-refractivity contribution in [2.24, 2.45) is 0 Å². The zero-order valence-electron chi connectivity index (χ0n) is 17.4. The lowest BCUT2D eigenvalue weighted by atomic mass is 10.1. The summed E-state index contributed by atoms with van der Waals surface area (Å²) in [6, 6.07) is 10.1. The van der Waals surface area contributed by atoms with E-state index in [0.29, 0.717) is 30.2 Å². The van der Waals surface area contributed by atoms with Crippen molar-refractivity contribution in [3.05, 3.63) is 53.6 Å². The normalized spacial score (nSPS) is 10.9. The highest BCUT2D eigenvalue weighted by Gasteiger charge is 2.15. The van der Waals surface area contributed by atoms with E-state index in [0.717, 1.165) is 5.56 Å². The molecule has 2 aromatic rings. The number of para-hydroxylation sites is 1. The summed E-state index contributed by atoms with van der Waals surface area (Å²) in [5, 5.41) is 0. The van der Waals surface area contributed by atoms with E-state index in [4.69, 9.17) is 14.2 Å². The van der Waals surface area contributed by atoms with Crippen LogP contribution in [0.3, 0.4) is 0 Å². The first-order valence-corrected chi connectivity index (χ1v) is 9.23. The predicted octanol–water partition coefficient (Wildman–Crippen LogP) is 4.38. The second kappa shape index (κ2) is 11.0. The number of halogens is 2. The number of alkyl halides is 2. The number of hydrogen-bond donors (Lipinski definition) is 0. The van der Waals surface area contributed by atoms with Gasteiger partial charge in [0.1, 0.15) is 0 Å². The van der Waals surface area contributed by atoms with Gasteiger partial charge in [0.15, 0.2) is 23.0 Å². The Morgan fingerprint density at radius 2 is 1.73 bits per heavy atom. The van der Waals surface area contributed by atoms with Crippen LogP contribution in [-0.2, 0) is 11.3 Å². The molecule has 6 nitrogen and oxygen atoms in total. The largest absolute Gasteiger partial charge is 0.493 e. The Hall–Kier alpha value is -3.29. The Morgan fingerprint density at radius 1 is 1.03 bits per heavy atom. The van der Waals surface area contributed by atoms with Crippen LogP contribution < -0.4 is 18.9 Å². The number of ether oxygens (including phenoxy) is 4. The van der Waals surface area contributed by atoms with Crippen LogP contribution >= 0.6 is 0 Å². The zero-order chi connectivity index (χ0) is 22.1. The standard InChI is InChI=1S/C22H25F2NO5/c1-5-25(14-15-9-11-17(27-2)19(13-15)29-4)20(26)12-10-16-7-6-8-18(28-3)21(16)30-22(23)24/h6-13,22H,5,14H2,1-4H3. The van der Waals surface area contributed by atoms with E-state index in [1.54, 1.807) is 43.4 Å². The number of carbonyl (C=O) groups excluding carboxylic acids is 1. The van der Waals surface area contributed by atoms with Gasteiger partial charge in [-0.05, 0) is 36.8 Å². The van der Waals surface area contributed by atoms with Crippen molar-refractivity contribution in [2.45, 2.75) is 20.1 Å². The summed E-state index contributed by atoms with van der Waals surface area (Å²) >= 11 is 0. The predicted molar refractivity (Wildman–Crippen MR) is 109 cm³/mol. The number of nitrogens with zero attached hydrogens (tertiary/aromatic N) is 1. The average Bonchev–Trinajstić information content (AvgIpc) is 2.75. The number of likely N-dealkylation sites (N-methyl/N-ethyl adjacent to an activating group) is 1. The van der Waals surface area contributed by atoms with Crippen molar-refractivity contribution in [2.75, 3.05) is 27.9 Å². The maximum absolute atomic E-state index is 12.8. The number of hydrogen-bond acceptors (Lipinski definition) is 5. The van der Waals surface area contributed by atoms with Crippen molar-refractivity contribution in [3.63, 3.8) is 0 Å². The fourth-order valence-electron chi connectivity index (χ4n) is 2.85. The quantitative estimate of drug-likeness (QED) is 0.533. The minimum atomic E-state index is -3.01. The number of amides is 1. The molecule has 0 saturated carbocycles. The molecule has 0 bridgehead atoms. The summed E-state index contributed by atoms with van der Waals surface area (Å²) in [5.41, 5.74) is 1.17. The van der Waals surface area contributed by atoms with Gasteiger partial charge in [0.2, 0.25) is 5.91 Å². The second-order valence-corrected chi connectivity index (χ2v) is 6.13. The summed E-state index contributed by atoms with van der Waals surface area (Å²) in [6.45, 7) is -0.362. The first kappa shape index (κ1) is 23.0. The molecule has 1 amide bonds. The molecule has 162 valence electrons. The molecule has 0 aliphatic rings. The monoisotopic (exact) mass is 421 g/mol. The molecule has 8 heteroatoms. The first-order valence-electron chi connectivity index (χ1n) is 9.23. The third-order valence-electron chi connectivity index (χ3n) is 4.36. The van der Waals surface area contributed by atoms with Gasteiger partial charge in [-0.3, -0.25) is 4.79 Å². The minimum absolute atomic E-state index is 0.123. The molecule has 0 radical (unpaired) electrons. The number of methoxy groups -OCH3 is 3. The maximum atomic E-state index is 12.8. The van der Waals surface area contributed by atoms with E-state index in [2.05, 4.69) is 4.74 Å². The van der Waals surface area contributed by atoms with Crippen LogP contribution in [0.1, 0.15) is 18.1 Å². The summed E-state index contributed by atoms with van der Waals surface area (Å²) in [6.07, 6.45) is 2.75. The smallest absolute Gasteiger partial charge is 0.387 e. The summed E-state index contributed by atoms with van der Waals surface area (Å²) in [4.78, 5) is 14.3. The van der Waals surface area contributed by atoms with Crippen LogP contribution in [0.5, 0.6) is 23.0 Å². The molecule has 0 fully saturated rings. The SMILES string of the molecule is CCN(Cc1ccc(OC)c(OC)c1)C(=O)C=Cc1cccc(OC)c1OC(F)F. The van der Waals surface area contributed by atoms with E-state index in [-0.39, 0.29) is 17.4 Å². The lowest BCUT2D eigenvalue weighted by molar-refractivity contribution is -0.126. The maximum Gasteiger partial charge on any atom is 0.387 e. The van der Waals surface area contributed by atoms with Gasteiger partial charge in [-0.2, -0.15) is 8.78 Å². The Labute approximate surface area is 174 Å². The number of rotatable bonds is 10. The van der Waals surface area contributed by atoms with Crippen molar-refractivity contribution in [3.8, 4) is 23.0 Å². The lowest BCUT2D eigenvalue weighted by Crippen LogP contribution is -2.28. The van der Waals surface area contributed by atoms with Crippen LogP contribution in [-0.4, -0.2) is 45.3 Å². The molecule has 0 aliphatic heterocycles. The molecular weight excluding hydrogens is 396 g/mol. The van der Waals surface area contributed by atoms with E-state index in [1.165, 1.54) is 25.3 Å². The van der Waals surface area contributed by atoms with Gasteiger partial charge >= 0.3 is 6.61 Å². The van der Waals surface area contributed by atoms with Gasteiger partial charge in [-0.25, -0.2) is 0 Å². The molecule has 0 atom stereocenters. The zero-order valence-corrected chi connectivity index (χ0v) is 17.4. The highest BCUT2D eigenvalue weighted by Crippen LogP contribution is 2.33. The van der Waals surface area contributed by atoms with Crippen molar-refractivity contribution in [1.29, 1.82) is 0 Å². The fraction of sp³-hybridized carbons (Fsp3) is 0.318.